The van der Waals surface area contributed by atoms with Crippen molar-refractivity contribution in [3.63, 3.8) is 0 Å². The first-order valence-electron chi connectivity index (χ1n) is 6.41. The molecule has 7 nitrogen and oxygen atoms in total. The summed E-state index contributed by atoms with van der Waals surface area (Å²) in [6.07, 6.45) is 0. The van der Waals surface area contributed by atoms with Crippen LogP contribution in [0.4, 0.5) is 0 Å². The highest BCUT2D eigenvalue weighted by atomic mass is 16.7. The highest BCUT2D eigenvalue weighted by Crippen LogP contribution is 2.35. The number of benzene rings is 1. The van der Waals surface area contributed by atoms with Gasteiger partial charge in [0, 0.05) is 19.2 Å². The van der Waals surface area contributed by atoms with E-state index in [1.165, 1.54) is 11.7 Å². The van der Waals surface area contributed by atoms with Gasteiger partial charge in [0.15, 0.2) is 11.5 Å². The predicted molar refractivity (Wildman–Crippen MR) is 73.5 cm³/mol. The van der Waals surface area contributed by atoms with Crippen LogP contribution in [-0.2, 0) is 16.6 Å². The Morgan fingerprint density at radius 1 is 1.38 bits per heavy atom. The Morgan fingerprint density at radius 3 is 2.71 bits per heavy atom. The van der Waals surface area contributed by atoms with Gasteiger partial charge in [-0.25, -0.2) is 4.98 Å². The van der Waals surface area contributed by atoms with E-state index in [-0.39, 0.29) is 18.0 Å². The molecule has 110 valence electrons. The maximum atomic E-state index is 12.4. The first-order chi connectivity index (χ1) is 10.0. The molecular weight excluding hydrogens is 276 g/mol. The van der Waals surface area contributed by atoms with Crippen molar-refractivity contribution < 1.29 is 19.0 Å². The van der Waals surface area contributed by atoms with Gasteiger partial charge in [0.05, 0.1) is 18.1 Å². The lowest BCUT2D eigenvalue weighted by atomic mass is 10.1. The summed E-state index contributed by atoms with van der Waals surface area (Å²) in [6, 6.07) is 3.41. The summed E-state index contributed by atoms with van der Waals surface area (Å²) in [6.45, 7) is 1.74. The number of aryl methyl sites for hydroxylation is 1. The van der Waals surface area contributed by atoms with Gasteiger partial charge in [-0.3, -0.25) is 9.59 Å². The molecule has 0 spiro atoms. The summed E-state index contributed by atoms with van der Waals surface area (Å²) < 4.78 is 16.7. The van der Waals surface area contributed by atoms with Gasteiger partial charge in [-0.1, -0.05) is 0 Å². The molecule has 0 saturated carbocycles. The fourth-order valence-corrected chi connectivity index (χ4v) is 2.31. The van der Waals surface area contributed by atoms with E-state index in [1.54, 1.807) is 26.1 Å². The molecule has 0 fully saturated rings. The van der Waals surface area contributed by atoms with E-state index in [9.17, 15) is 9.59 Å². The SMILES string of the molecule is COC(=O)C(C)c1nc2cc3c(cc2n(C)c1=O)OCO3. The summed E-state index contributed by atoms with van der Waals surface area (Å²) in [4.78, 5) is 28.3. The van der Waals surface area contributed by atoms with Crippen molar-refractivity contribution in [3.8, 4) is 11.5 Å². The zero-order chi connectivity index (χ0) is 15.1. The number of aromatic nitrogens is 2. The van der Waals surface area contributed by atoms with Gasteiger partial charge in [0.25, 0.3) is 5.56 Å². The van der Waals surface area contributed by atoms with Crippen molar-refractivity contribution in [1.29, 1.82) is 0 Å². The van der Waals surface area contributed by atoms with E-state index >= 15 is 0 Å². The van der Waals surface area contributed by atoms with E-state index in [4.69, 9.17) is 9.47 Å². The number of carbonyl (C=O) groups is 1. The average Bonchev–Trinajstić information content (AvgIpc) is 2.95. The smallest absolute Gasteiger partial charge is 0.314 e. The van der Waals surface area contributed by atoms with Crippen molar-refractivity contribution in [2.75, 3.05) is 13.9 Å². The maximum Gasteiger partial charge on any atom is 0.314 e. The van der Waals surface area contributed by atoms with Gasteiger partial charge < -0.3 is 18.8 Å². The van der Waals surface area contributed by atoms with Crippen molar-refractivity contribution >= 4 is 17.0 Å². The summed E-state index contributed by atoms with van der Waals surface area (Å²) >= 11 is 0. The fourth-order valence-electron chi connectivity index (χ4n) is 2.31. The molecule has 0 amide bonds. The number of fused-ring (bicyclic) bond motifs is 2. The van der Waals surface area contributed by atoms with Crippen LogP contribution in [0.5, 0.6) is 11.5 Å². The first-order valence-corrected chi connectivity index (χ1v) is 6.41. The number of hydrogen-bond acceptors (Lipinski definition) is 6. The average molecular weight is 290 g/mol. The number of methoxy groups -OCH3 is 1. The number of carbonyl (C=O) groups excluding carboxylic acids is 1. The molecule has 1 aromatic heterocycles. The molecule has 21 heavy (non-hydrogen) atoms. The van der Waals surface area contributed by atoms with Gasteiger partial charge in [-0.05, 0) is 6.92 Å². The first kappa shape index (κ1) is 13.4. The second kappa shape index (κ2) is 4.76. The number of ether oxygens (including phenoxy) is 3. The van der Waals surface area contributed by atoms with Crippen LogP contribution in [0.25, 0.3) is 11.0 Å². The lowest BCUT2D eigenvalue weighted by molar-refractivity contribution is -0.142. The normalized spacial score (nSPS) is 14.2. The van der Waals surface area contributed by atoms with Crippen molar-refractivity contribution in [2.45, 2.75) is 12.8 Å². The third kappa shape index (κ3) is 2.01. The number of hydrogen-bond donors (Lipinski definition) is 0. The Hall–Kier alpha value is -2.57. The topological polar surface area (TPSA) is 79.7 Å². The maximum absolute atomic E-state index is 12.4. The van der Waals surface area contributed by atoms with Crippen LogP contribution >= 0.6 is 0 Å². The Bertz CT molecular complexity index is 796. The fraction of sp³-hybridized carbons (Fsp3) is 0.357. The largest absolute Gasteiger partial charge is 0.469 e. The highest BCUT2D eigenvalue weighted by Gasteiger charge is 2.24. The van der Waals surface area contributed by atoms with Crippen molar-refractivity contribution in [1.82, 2.24) is 9.55 Å². The molecule has 1 aliphatic rings. The quantitative estimate of drug-likeness (QED) is 0.766. The van der Waals surface area contributed by atoms with Crippen LogP contribution in [-0.4, -0.2) is 29.4 Å². The molecule has 2 aromatic rings. The van der Waals surface area contributed by atoms with Crippen LogP contribution in [0, 0.1) is 0 Å². The van der Waals surface area contributed by atoms with Gasteiger partial charge in [0.1, 0.15) is 11.6 Å². The Morgan fingerprint density at radius 2 is 2.05 bits per heavy atom. The molecule has 0 N–H and O–H groups in total. The standard InChI is InChI=1S/C14H14N2O5/c1-7(14(18)19-3)12-13(17)16(2)9-5-11-10(20-6-21-11)4-8(9)15-12/h4-5,7H,6H2,1-3H3. The lowest BCUT2D eigenvalue weighted by Gasteiger charge is -2.12. The zero-order valence-electron chi connectivity index (χ0n) is 11.9. The predicted octanol–water partition coefficient (Wildman–Crippen LogP) is 0.939. The second-order valence-corrected chi connectivity index (χ2v) is 4.80. The van der Waals surface area contributed by atoms with Crippen LogP contribution in [0.15, 0.2) is 16.9 Å². The molecule has 1 aliphatic heterocycles. The van der Waals surface area contributed by atoms with E-state index < -0.39 is 11.9 Å². The molecule has 1 aromatic carbocycles. The van der Waals surface area contributed by atoms with Crippen LogP contribution < -0.4 is 15.0 Å². The Balaban J connectivity index is 2.24. The van der Waals surface area contributed by atoms with E-state index in [0.717, 1.165) is 0 Å². The minimum Gasteiger partial charge on any atom is -0.469 e. The van der Waals surface area contributed by atoms with E-state index in [2.05, 4.69) is 9.72 Å². The summed E-state index contributed by atoms with van der Waals surface area (Å²) in [5, 5.41) is 0. The zero-order valence-corrected chi connectivity index (χ0v) is 11.9. The summed E-state index contributed by atoms with van der Waals surface area (Å²) in [5.74, 6) is -0.0818. The minimum absolute atomic E-state index is 0.144. The Labute approximate surface area is 120 Å². The van der Waals surface area contributed by atoms with Crippen molar-refractivity contribution in [3.05, 3.63) is 28.2 Å². The third-order valence-corrected chi connectivity index (χ3v) is 3.56. The van der Waals surface area contributed by atoms with E-state index in [0.29, 0.717) is 22.5 Å². The monoisotopic (exact) mass is 290 g/mol. The van der Waals surface area contributed by atoms with E-state index in [1.807, 2.05) is 0 Å². The number of esters is 1. The molecule has 2 heterocycles. The molecule has 0 saturated heterocycles. The van der Waals surface area contributed by atoms with Crippen LogP contribution in [0.2, 0.25) is 0 Å². The van der Waals surface area contributed by atoms with Gasteiger partial charge in [-0.15, -0.1) is 0 Å². The molecule has 7 heteroatoms. The third-order valence-electron chi connectivity index (χ3n) is 3.56. The van der Waals surface area contributed by atoms with Gasteiger partial charge in [0.2, 0.25) is 6.79 Å². The molecule has 1 atom stereocenters. The molecular formula is C14H14N2O5. The molecule has 0 aliphatic carbocycles. The van der Waals surface area contributed by atoms with Crippen LogP contribution in [0.3, 0.4) is 0 Å². The minimum atomic E-state index is -0.733. The van der Waals surface area contributed by atoms with Gasteiger partial charge in [-0.2, -0.15) is 0 Å². The molecule has 3 rings (SSSR count). The highest BCUT2D eigenvalue weighted by molar-refractivity contribution is 5.82. The van der Waals surface area contributed by atoms with Crippen LogP contribution in [0.1, 0.15) is 18.5 Å². The van der Waals surface area contributed by atoms with Gasteiger partial charge >= 0.3 is 5.97 Å². The molecule has 0 bridgehead atoms. The number of nitrogens with zero attached hydrogens (tertiary/aromatic N) is 2. The number of rotatable bonds is 2. The summed E-state index contributed by atoms with van der Waals surface area (Å²) in [7, 11) is 2.91. The Kier molecular flexibility index (Phi) is 3.04. The molecule has 1 unspecified atom stereocenters. The molecule has 0 radical (unpaired) electrons. The van der Waals surface area contributed by atoms with Crippen molar-refractivity contribution in [2.24, 2.45) is 7.05 Å². The lowest BCUT2D eigenvalue weighted by Crippen LogP contribution is -2.28. The summed E-state index contributed by atoms with van der Waals surface area (Å²) in [5.41, 5.74) is 0.993. The second-order valence-electron chi connectivity index (χ2n) is 4.80.